The molecule has 0 amide bonds. The average Bonchev–Trinajstić information content (AvgIpc) is 2.90. The molecular weight excluding hydrogens is 224 g/mol. The Balaban J connectivity index is 1.77. The van der Waals surface area contributed by atoms with E-state index in [4.69, 9.17) is 10.6 Å². The van der Waals surface area contributed by atoms with E-state index in [9.17, 15) is 0 Å². The average molecular weight is 238 g/mol. The number of hydrogen-bond donors (Lipinski definition) is 1. The highest BCUT2D eigenvalue weighted by Gasteiger charge is 2.23. The molecule has 1 aliphatic heterocycles. The van der Waals surface area contributed by atoms with E-state index in [-0.39, 0.29) is 6.10 Å². The Morgan fingerprint density at radius 2 is 1.72 bits per heavy atom. The number of nitrogen functional groups attached to an aromatic ring is 1. The van der Waals surface area contributed by atoms with E-state index in [0.717, 1.165) is 28.9 Å². The maximum Gasteiger partial charge on any atom is 0.158 e. The van der Waals surface area contributed by atoms with Crippen molar-refractivity contribution in [2.24, 2.45) is 5.16 Å². The van der Waals surface area contributed by atoms with Crippen LogP contribution in [0.1, 0.15) is 23.7 Å². The standard InChI is InChI=1S/C15H14N2O/c16-13-8-6-11(7-9-13)14-10-15(18-17-14)12-4-2-1-3-5-12/h1-9,15H,10,16H2. The molecule has 90 valence electrons. The smallest absolute Gasteiger partial charge is 0.158 e. The van der Waals surface area contributed by atoms with Gasteiger partial charge in [0.15, 0.2) is 6.10 Å². The molecule has 1 aliphatic rings. The first-order valence-electron chi connectivity index (χ1n) is 5.96. The third kappa shape index (κ3) is 2.07. The van der Waals surface area contributed by atoms with Gasteiger partial charge in [0.05, 0.1) is 5.71 Å². The number of anilines is 1. The first-order chi connectivity index (χ1) is 8.83. The van der Waals surface area contributed by atoms with Crippen LogP contribution in [0.4, 0.5) is 5.69 Å². The van der Waals surface area contributed by atoms with Crippen molar-refractivity contribution in [3.05, 3.63) is 65.7 Å². The second kappa shape index (κ2) is 4.53. The molecule has 0 bridgehead atoms. The molecule has 0 spiro atoms. The molecule has 1 heterocycles. The van der Waals surface area contributed by atoms with Crippen LogP contribution in [0.15, 0.2) is 59.8 Å². The zero-order valence-corrected chi connectivity index (χ0v) is 9.91. The van der Waals surface area contributed by atoms with Gasteiger partial charge in [-0.2, -0.15) is 0 Å². The maximum absolute atomic E-state index is 5.67. The van der Waals surface area contributed by atoms with Crippen LogP contribution in [0, 0.1) is 0 Å². The highest BCUT2D eigenvalue weighted by atomic mass is 16.6. The minimum atomic E-state index is 0.0266. The normalized spacial score (nSPS) is 18.2. The molecule has 2 aromatic rings. The lowest BCUT2D eigenvalue weighted by Crippen LogP contribution is -2.01. The van der Waals surface area contributed by atoms with Gasteiger partial charge in [0.25, 0.3) is 0 Å². The van der Waals surface area contributed by atoms with Crippen molar-refractivity contribution in [1.82, 2.24) is 0 Å². The molecule has 18 heavy (non-hydrogen) atoms. The molecule has 1 atom stereocenters. The summed E-state index contributed by atoms with van der Waals surface area (Å²) in [5, 5.41) is 4.17. The van der Waals surface area contributed by atoms with Crippen LogP contribution in [-0.4, -0.2) is 5.71 Å². The van der Waals surface area contributed by atoms with Gasteiger partial charge in [-0.25, -0.2) is 0 Å². The van der Waals surface area contributed by atoms with Crippen LogP contribution in [0.2, 0.25) is 0 Å². The van der Waals surface area contributed by atoms with Crippen molar-refractivity contribution >= 4 is 11.4 Å². The minimum Gasteiger partial charge on any atom is -0.399 e. The number of nitrogens with zero attached hydrogens (tertiary/aromatic N) is 1. The number of rotatable bonds is 2. The Morgan fingerprint density at radius 1 is 1.00 bits per heavy atom. The lowest BCUT2D eigenvalue weighted by molar-refractivity contribution is 0.0857. The zero-order valence-electron chi connectivity index (χ0n) is 9.91. The lowest BCUT2D eigenvalue weighted by Gasteiger charge is -2.07. The molecule has 0 fully saturated rings. The van der Waals surface area contributed by atoms with E-state index < -0.39 is 0 Å². The van der Waals surface area contributed by atoms with Crippen LogP contribution in [0.3, 0.4) is 0 Å². The molecule has 3 rings (SSSR count). The molecule has 0 radical (unpaired) electrons. The molecule has 0 aliphatic carbocycles. The maximum atomic E-state index is 5.67. The quantitative estimate of drug-likeness (QED) is 0.817. The van der Waals surface area contributed by atoms with E-state index in [1.165, 1.54) is 0 Å². The van der Waals surface area contributed by atoms with Gasteiger partial charge in [0.1, 0.15) is 0 Å². The fourth-order valence-electron chi connectivity index (χ4n) is 2.07. The van der Waals surface area contributed by atoms with Crippen LogP contribution in [0.25, 0.3) is 0 Å². The van der Waals surface area contributed by atoms with E-state index in [1.54, 1.807) is 0 Å². The van der Waals surface area contributed by atoms with Gasteiger partial charge in [-0.3, -0.25) is 0 Å². The molecule has 2 N–H and O–H groups in total. The van der Waals surface area contributed by atoms with Crippen LogP contribution in [0.5, 0.6) is 0 Å². The largest absolute Gasteiger partial charge is 0.399 e. The fourth-order valence-corrected chi connectivity index (χ4v) is 2.07. The summed E-state index contributed by atoms with van der Waals surface area (Å²) in [7, 11) is 0. The van der Waals surface area contributed by atoms with Crippen molar-refractivity contribution < 1.29 is 4.84 Å². The first kappa shape index (κ1) is 10.8. The fraction of sp³-hybridized carbons (Fsp3) is 0.133. The highest BCUT2D eigenvalue weighted by molar-refractivity contribution is 6.01. The molecule has 1 unspecified atom stereocenters. The highest BCUT2D eigenvalue weighted by Crippen LogP contribution is 2.29. The Bertz CT molecular complexity index is 561. The van der Waals surface area contributed by atoms with Gasteiger partial charge >= 0.3 is 0 Å². The van der Waals surface area contributed by atoms with E-state index in [1.807, 2.05) is 42.5 Å². The summed E-state index contributed by atoms with van der Waals surface area (Å²) in [5.41, 5.74) is 9.64. The SMILES string of the molecule is Nc1ccc(C2=NOC(c3ccccc3)C2)cc1. The van der Waals surface area contributed by atoms with Crippen molar-refractivity contribution in [3.8, 4) is 0 Å². The van der Waals surface area contributed by atoms with Crippen molar-refractivity contribution in [1.29, 1.82) is 0 Å². The zero-order chi connectivity index (χ0) is 12.4. The predicted molar refractivity (Wildman–Crippen MR) is 72.3 cm³/mol. The Morgan fingerprint density at radius 3 is 2.44 bits per heavy atom. The summed E-state index contributed by atoms with van der Waals surface area (Å²) in [6, 6.07) is 17.9. The van der Waals surface area contributed by atoms with Crippen molar-refractivity contribution in [2.45, 2.75) is 12.5 Å². The van der Waals surface area contributed by atoms with Gasteiger partial charge in [-0.15, -0.1) is 0 Å². The topological polar surface area (TPSA) is 47.6 Å². The van der Waals surface area contributed by atoms with Gasteiger partial charge in [-0.05, 0) is 23.3 Å². The van der Waals surface area contributed by atoms with Gasteiger partial charge in [0, 0.05) is 12.1 Å². The van der Waals surface area contributed by atoms with Crippen molar-refractivity contribution in [2.75, 3.05) is 5.73 Å². The molecule has 0 saturated heterocycles. The summed E-state index contributed by atoms with van der Waals surface area (Å²) in [5.74, 6) is 0. The summed E-state index contributed by atoms with van der Waals surface area (Å²) in [6.07, 6.45) is 0.826. The molecular formula is C15H14N2O. The molecule has 0 aromatic heterocycles. The predicted octanol–water partition coefficient (Wildman–Crippen LogP) is 3.13. The van der Waals surface area contributed by atoms with Gasteiger partial charge in [0.2, 0.25) is 0 Å². The number of nitrogens with two attached hydrogens (primary N) is 1. The Kier molecular flexibility index (Phi) is 2.73. The van der Waals surface area contributed by atoms with Crippen LogP contribution < -0.4 is 5.73 Å². The molecule has 3 heteroatoms. The second-order valence-corrected chi connectivity index (χ2v) is 4.37. The lowest BCUT2D eigenvalue weighted by atomic mass is 10.0. The van der Waals surface area contributed by atoms with Crippen LogP contribution in [-0.2, 0) is 4.84 Å². The van der Waals surface area contributed by atoms with Gasteiger partial charge < -0.3 is 10.6 Å². The first-order valence-corrected chi connectivity index (χ1v) is 5.96. The number of benzene rings is 2. The summed E-state index contributed by atoms with van der Waals surface area (Å²) in [6.45, 7) is 0. The summed E-state index contributed by atoms with van der Waals surface area (Å²) >= 11 is 0. The summed E-state index contributed by atoms with van der Waals surface area (Å²) < 4.78 is 0. The van der Waals surface area contributed by atoms with E-state index >= 15 is 0 Å². The Hall–Kier alpha value is -2.29. The van der Waals surface area contributed by atoms with E-state index in [0.29, 0.717) is 0 Å². The van der Waals surface area contributed by atoms with Crippen LogP contribution >= 0.6 is 0 Å². The number of oxime groups is 1. The molecule has 2 aromatic carbocycles. The minimum absolute atomic E-state index is 0.0266. The third-order valence-electron chi connectivity index (χ3n) is 3.08. The molecule has 0 saturated carbocycles. The molecule has 3 nitrogen and oxygen atoms in total. The summed E-state index contributed by atoms with van der Waals surface area (Å²) in [4.78, 5) is 5.49. The Labute approximate surface area is 106 Å². The van der Waals surface area contributed by atoms with Crippen molar-refractivity contribution in [3.63, 3.8) is 0 Å². The monoisotopic (exact) mass is 238 g/mol. The second-order valence-electron chi connectivity index (χ2n) is 4.37. The van der Waals surface area contributed by atoms with E-state index in [2.05, 4.69) is 17.3 Å². The van der Waals surface area contributed by atoms with Gasteiger partial charge in [-0.1, -0.05) is 47.6 Å². The third-order valence-corrected chi connectivity index (χ3v) is 3.08. The number of hydrogen-bond acceptors (Lipinski definition) is 3.